The van der Waals surface area contributed by atoms with E-state index in [0.717, 1.165) is 17.1 Å². The maximum atomic E-state index is 11.3. The molecule has 1 N–H and O–H groups in total. The number of benzene rings is 1. The Labute approximate surface area is 124 Å². The second-order valence-electron chi connectivity index (χ2n) is 4.30. The van der Waals surface area contributed by atoms with Gasteiger partial charge in [0, 0.05) is 24.1 Å². The molecule has 0 unspecified atom stereocenters. The second kappa shape index (κ2) is 5.88. The van der Waals surface area contributed by atoms with Crippen molar-refractivity contribution in [3.05, 3.63) is 71.0 Å². The topological polar surface area (TPSA) is 68.3 Å². The molecule has 0 atom stereocenters. The molecule has 1 aromatic carbocycles. The molecule has 21 heavy (non-hydrogen) atoms. The highest BCUT2D eigenvalue weighted by Crippen LogP contribution is 2.23. The molecular formula is C15H12N2O3S. The second-order valence-corrected chi connectivity index (χ2v) is 5.24. The van der Waals surface area contributed by atoms with Crippen LogP contribution in [0, 0.1) is 0 Å². The number of nitrogens with zero attached hydrogens (tertiary/aromatic N) is 2. The van der Waals surface area contributed by atoms with Gasteiger partial charge in [-0.15, -0.1) is 0 Å². The Balaban J connectivity index is 1.79. The first-order valence-electron chi connectivity index (χ1n) is 6.26. The van der Waals surface area contributed by atoms with Crippen LogP contribution in [0.1, 0.15) is 5.76 Å². The van der Waals surface area contributed by atoms with E-state index in [1.807, 2.05) is 41.1 Å². The first-order chi connectivity index (χ1) is 10.2. The number of hydrogen-bond donors (Lipinski definition) is 1. The van der Waals surface area contributed by atoms with Gasteiger partial charge >= 0.3 is 0 Å². The van der Waals surface area contributed by atoms with E-state index in [2.05, 4.69) is 4.98 Å². The molecule has 0 aliphatic heterocycles. The van der Waals surface area contributed by atoms with E-state index in [4.69, 9.17) is 9.52 Å². The maximum Gasteiger partial charge on any atom is 0.226 e. The molecule has 2 aromatic heterocycles. The number of aromatic hydroxyl groups is 1. The molecule has 3 aromatic rings. The fraction of sp³-hybridized carbons (Fsp3) is 0.0667. The lowest BCUT2D eigenvalue weighted by Gasteiger charge is -2.06. The van der Waals surface area contributed by atoms with E-state index in [1.54, 1.807) is 6.20 Å². The summed E-state index contributed by atoms with van der Waals surface area (Å²) in [5.41, 5.74) is 0.577. The minimum atomic E-state index is -0.441. The van der Waals surface area contributed by atoms with Gasteiger partial charge in [0.25, 0.3) is 0 Å². The molecule has 0 saturated heterocycles. The summed E-state index contributed by atoms with van der Waals surface area (Å²) >= 11 is 1.45. The average Bonchev–Trinajstić information content (AvgIpc) is 2.98. The van der Waals surface area contributed by atoms with Gasteiger partial charge in [0.2, 0.25) is 5.43 Å². The van der Waals surface area contributed by atoms with Gasteiger partial charge < -0.3 is 9.52 Å². The Bertz CT molecular complexity index is 796. The fourth-order valence-corrected chi connectivity index (χ4v) is 2.70. The van der Waals surface area contributed by atoms with E-state index >= 15 is 0 Å². The third kappa shape index (κ3) is 3.00. The first-order valence-corrected chi connectivity index (χ1v) is 7.25. The Morgan fingerprint density at radius 3 is 2.86 bits per heavy atom. The van der Waals surface area contributed by atoms with Gasteiger partial charge in [0.1, 0.15) is 12.0 Å². The van der Waals surface area contributed by atoms with Crippen LogP contribution in [-0.4, -0.2) is 14.7 Å². The zero-order valence-corrected chi connectivity index (χ0v) is 11.8. The van der Waals surface area contributed by atoms with Crippen LogP contribution in [0.25, 0.3) is 5.69 Å². The molecule has 0 spiro atoms. The number of imidazole rings is 1. The SMILES string of the molecule is O=c1cc(CSc2nccn2-c2ccccc2)occ1O. The third-order valence-electron chi connectivity index (χ3n) is 2.85. The predicted molar refractivity (Wildman–Crippen MR) is 79.8 cm³/mol. The van der Waals surface area contributed by atoms with E-state index < -0.39 is 5.43 Å². The van der Waals surface area contributed by atoms with E-state index in [-0.39, 0.29) is 5.75 Å². The number of hydrogen-bond acceptors (Lipinski definition) is 5. The quantitative estimate of drug-likeness (QED) is 0.750. The van der Waals surface area contributed by atoms with Gasteiger partial charge in [-0.05, 0) is 12.1 Å². The molecule has 0 bridgehead atoms. The Morgan fingerprint density at radius 1 is 1.29 bits per heavy atom. The minimum Gasteiger partial charge on any atom is -0.502 e. The fourth-order valence-electron chi connectivity index (χ4n) is 1.84. The lowest BCUT2D eigenvalue weighted by atomic mass is 10.3. The van der Waals surface area contributed by atoms with Crippen molar-refractivity contribution in [2.75, 3.05) is 0 Å². The van der Waals surface area contributed by atoms with Crippen LogP contribution < -0.4 is 5.43 Å². The van der Waals surface area contributed by atoms with Crippen LogP contribution in [-0.2, 0) is 5.75 Å². The van der Waals surface area contributed by atoms with Crippen molar-refractivity contribution in [3.8, 4) is 11.4 Å². The average molecular weight is 300 g/mol. The predicted octanol–water partition coefficient (Wildman–Crippen LogP) is 2.82. The molecule has 0 aliphatic carbocycles. The molecule has 6 heteroatoms. The van der Waals surface area contributed by atoms with Crippen LogP contribution in [0.5, 0.6) is 5.75 Å². The van der Waals surface area contributed by atoms with Gasteiger partial charge in [0.05, 0.1) is 5.75 Å². The highest BCUT2D eigenvalue weighted by atomic mass is 32.2. The van der Waals surface area contributed by atoms with Gasteiger partial charge in [-0.1, -0.05) is 30.0 Å². The molecule has 2 heterocycles. The normalized spacial score (nSPS) is 10.7. The summed E-state index contributed by atoms with van der Waals surface area (Å²) < 4.78 is 7.14. The van der Waals surface area contributed by atoms with Crippen molar-refractivity contribution >= 4 is 11.8 Å². The Hall–Kier alpha value is -2.47. The molecule has 0 aliphatic rings. The monoisotopic (exact) mass is 300 g/mol. The van der Waals surface area contributed by atoms with Gasteiger partial charge in [-0.25, -0.2) is 4.98 Å². The standard InChI is InChI=1S/C15H12N2O3S/c18-13-8-12(20-9-14(13)19)10-21-15-16-6-7-17(15)11-4-2-1-3-5-11/h1-9,19H,10H2. The van der Waals surface area contributed by atoms with E-state index in [1.165, 1.54) is 17.8 Å². The van der Waals surface area contributed by atoms with Gasteiger partial charge in [-0.3, -0.25) is 9.36 Å². The zero-order chi connectivity index (χ0) is 14.7. The highest BCUT2D eigenvalue weighted by Gasteiger charge is 2.08. The summed E-state index contributed by atoms with van der Waals surface area (Å²) in [7, 11) is 0. The van der Waals surface area contributed by atoms with Crippen molar-refractivity contribution < 1.29 is 9.52 Å². The minimum absolute atomic E-state index is 0.380. The molecule has 0 radical (unpaired) electrons. The van der Waals surface area contributed by atoms with E-state index in [0.29, 0.717) is 11.5 Å². The Morgan fingerprint density at radius 2 is 2.10 bits per heavy atom. The maximum absolute atomic E-state index is 11.3. The number of thioether (sulfide) groups is 1. The summed E-state index contributed by atoms with van der Waals surface area (Å²) in [6, 6.07) is 11.2. The smallest absolute Gasteiger partial charge is 0.226 e. The summed E-state index contributed by atoms with van der Waals surface area (Å²) in [6.07, 6.45) is 4.66. The molecular weight excluding hydrogens is 288 g/mol. The number of rotatable bonds is 4. The first kappa shape index (κ1) is 13.5. The zero-order valence-electron chi connectivity index (χ0n) is 11.0. The summed E-state index contributed by atoms with van der Waals surface area (Å²) in [4.78, 5) is 15.7. The third-order valence-corrected chi connectivity index (χ3v) is 3.84. The van der Waals surface area contributed by atoms with Crippen molar-refractivity contribution in [2.45, 2.75) is 10.9 Å². The van der Waals surface area contributed by atoms with Crippen LogP contribution >= 0.6 is 11.8 Å². The van der Waals surface area contributed by atoms with E-state index in [9.17, 15) is 4.79 Å². The van der Waals surface area contributed by atoms with Crippen molar-refractivity contribution in [1.82, 2.24) is 9.55 Å². The lowest BCUT2D eigenvalue weighted by Crippen LogP contribution is -2.00. The van der Waals surface area contributed by atoms with Crippen molar-refractivity contribution in [3.63, 3.8) is 0 Å². The number of para-hydroxylation sites is 1. The molecule has 0 saturated carbocycles. The summed E-state index contributed by atoms with van der Waals surface area (Å²) in [5.74, 6) is 0.569. The van der Waals surface area contributed by atoms with Crippen LogP contribution in [0.15, 0.2) is 69.4 Å². The molecule has 0 fully saturated rings. The van der Waals surface area contributed by atoms with Crippen LogP contribution in [0.4, 0.5) is 0 Å². The molecule has 106 valence electrons. The Kier molecular flexibility index (Phi) is 3.79. The summed E-state index contributed by atoms with van der Waals surface area (Å²) in [5, 5.41) is 9.96. The lowest BCUT2D eigenvalue weighted by molar-refractivity contribution is 0.419. The molecule has 5 nitrogen and oxygen atoms in total. The largest absolute Gasteiger partial charge is 0.502 e. The van der Waals surface area contributed by atoms with Crippen LogP contribution in [0.3, 0.4) is 0 Å². The highest BCUT2D eigenvalue weighted by molar-refractivity contribution is 7.98. The molecule has 3 rings (SSSR count). The number of aromatic nitrogens is 2. The van der Waals surface area contributed by atoms with Gasteiger partial charge in [-0.2, -0.15) is 0 Å². The summed E-state index contributed by atoms with van der Waals surface area (Å²) in [6.45, 7) is 0. The molecule has 0 amide bonds. The van der Waals surface area contributed by atoms with Crippen molar-refractivity contribution in [2.24, 2.45) is 0 Å². The van der Waals surface area contributed by atoms with Gasteiger partial charge in [0.15, 0.2) is 10.9 Å². The van der Waals surface area contributed by atoms with Crippen LogP contribution in [0.2, 0.25) is 0 Å². The van der Waals surface area contributed by atoms with Crippen molar-refractivity contribution in [1.29, 1.82) is 0 Å².